The van der Waals surface area contributed by atoms with Gasteiger partial charge in [-0.3, -0.25) is 19.3 Å². The van der Waals surface area contributed by atoms with Gasteiger partial charge in [-0.15, -0.1) is 23.1 Å². The van der Waals surface area contributed by atoms with E-state index in [9.17, 15) is 24.3 Å². The van der Waals surface area contributed by atoms with E-state index in [-0.39, 0.29) is 33.6 Å². The molecule has 1 aromatic rings. The molecule has 1 aromatic heterocycles. The molecule has 2 aliphatic rings. The van der Waals surface area contributed by atoms with E-state index < -0.39 is 41.5 Å². The third-order valence-corrected chi connectivity index (χ3v) is 6.38. The van der Waals surface area contributed by atoms with Crippen LogP contribution in [0.5, 0.6) is 0 Å². The highest BCUT2D eigenvalue weighted by Crippen LogP contribution is 2.42. The lowest BCUT2D eigenvalue weighted by molar-refractivity contribution is -0.162. The molecule has 0 radical (unpaired) electrons. The first-order valence-electron chi connectivity index (χ1n) is 8.94. The van der Waals surface area contributed by atoms with Crippen molar-refractivity contribution in [2.75, 3.05) is 25.7 Å². The van der Waals surface area contributed by atoms with Gasteiger partial charge in [0.05, 0.1) is 0 Å². The Hall–Kier alpha value is -3.17. The van der Waals surface area contributed by atoms with Gasteiger partial charge in [0.15, 0.2) is 16.9 Å². The number of carbonyl (C=O) groups is 4. The number of nitrogens with two attached hydrogens (primary N) is 1. The smallest absolute Gasteiger partial charge is 0.352 e. The summed E-state index contributed by atoms with van der Waals surface area (Å²) in [5, 5.41) is 17.0. The molecule has 2 amide bonds. The zero-order valence-corrected chi connectivity index (χ0v) is 18.7. The molecule has 0 aromatic carbocycles. The molecule has 1 unspecified atom stereocenters. The van der Waals surface area contributed by atoms with Gasteiger partial charge >= 0.3 is 11.9 Å². The Kier molecular flexibility index (Phi) is 7.00. The summed E-state index contributed by atoms with van der Waals surface area (Å²) in [6.07, 6.45) is -2.28. The van der Waals surface area contributed by atoms with Gasteiger partial charge in [0, 0.05) is 30.7 Å². The van der Waals surface area contributed by atoms with Gasteiger partial charge in [-0.1, -0.05) is 5.16 Å². The summed E-state index contributed by atoms with van der Waals surface area (Å²) >= 11 is 2.28. The summed E-state index contributed by atoms with van der Waals surface area (Å²) in [6, 6.07) is 0. The number of oxime groups is 1. The number of β-lactam (4-membered cyclic amide) rings is 1. The molecular formula is C17H19N5O8S2. The van der Waals surface area contributed by atoms with Crippen molar-refractivity contribution >= 4 is 57.7 Å². The maximum atomic E-state index is 12.9. The lowest BCUT2D eigenvalue weighted by Crippen LogP contribution is -2.66. The summed E-state index contributed by atoms with van der Waals surface area (Å²) in [7, 11) is 2.57. The van der Waals surface area contributed by atoms with Crippen LogP contribution < -0.4 is 11.1 Å². The molecule has 0 aliphatic carbocycles. The number of methoxy groups -OCH3 is 1. The predicted molar refractivity (Wildman–Crippen MR) is 112 cm³/mol. The molecule has 3 heterocycles. The summed E-state index contributed by atoms with van der Waals surface area (Å²) in [5.41, 5.74) is 5.08. The molecule has 2 aliphatic heterocycles. The Bertz CT molecular complexity index is 1020. The zero-order valence-electron chi connectivity index (χ0n) is 17.1. The topological polar surface area (TPSA) is 183 Å². The van der Waals surface area contributed by atoms with Crippen LogP contribution in [0.15, 0.2) is 21.8 Å². The van der Waals surface area contributed by atoms with Crippen molar-refractivity contribution in [2.24, 2.45) is 5.16 Å². The number of nitrogens with zero attached hydrogens (tertiary/aromatic N) is 3. The van der Waals surface area contributed by atoms with E-state index in [1.807, 2.05) is 0 Å². The monoisotopic (exact) mass is 485 g/mol. The zero-order chi connectivity index (χ0) is 23.6. The number of aliphatic carboxylic acids is 1. The fraction of sp³-hybridized carbons (Fsp3) is 0.412. The van der Waals surface area contributed by atoms with Crippen LogP contribution in [-0.4, -0.2) is 82.1 Å². The van der Waals surface area contributed by atoms with E-state index in [2.05, 4.69) is 15.5 Å². The lowest BCUT2D eigenvalue weighted by Gasteiger charge is -2.49. The highest BCUT2D eigenvalue weighted by Gasteiger charge is 2.55. The third kappa shape index (κ3) is 4.39. The highest BCUT2D eigenvalue weighted by molar-refractivity contribution is 8.00. The van der Waals surface area contributed by atoms with Crippen molar-refractivity contribution in [3.8, 4) is 0 Å². The van der Waals surface area contributed by atoms with Crippen LogP contribution in [0.2, 0.25) is 0 Å². The molecular weight excluding hydrogens is 466 g/mol. The minimum atomic E-state index is -1.49. The van der Waals surface area contributed by atoms with Crippen molar-refractivity contribution < 1.29 is 38.6 Å². The lowest BCUT2D eigenvalue weighted by atomic mass is 10.0. The number of thiazole rings is 1. The van der Waals surface area contributed by atoms with E-state index in [1.165, 1.54) is 31.4 Å². The quantitative estimate of drug-likeness (QED) is 0.140. The molecule has 0 spiro atoms. The number of rotatable bonds is 8. The molecule has 172 valence electrons. The van der Waals surface area contributed by atoms with Gasteiger partial charge in [-0.2, -0.15) is 0 Å². The van der Waals surface area contributed by atoms with Crippen LogP contribution in [0.3, 0.4) is 0 Å². The Labute approximate surface area is 189 Å². The van der Waals surface area contributed by atoms with Crippen LogP contribution in [-0.2, 0) is 33.5 Å². The fourth-order valence-corrected chi connectivity index (χ4v) is 5.07. The number of carboxylic acids is 1. The standard InChI is InChI=1S/C17H19N5O8S2/c1-6(23)30-13(20-12(24)9(21-29-3)8-5-32-17(18)19-8)7-4-31-15-11(28-2)14(25)22(15)10(7)16(26)27/h5,11,13,15H,4H2,1-3H3,(H2,18,19)(H,20,24)(H,26,27)/t11-,13?,15+/m0/s1. The number of esters is 1. The number of anilines is 1. The molecule has 15 heteroatoms. The summed E-state index contributed by atoms with van der Waals surface area (Å²) < 4.78 is 10.3. The third-order valence-electron chi connectivity index (χ3n) is 4.43. The minimum Gasteiger partial charge on any atom is -0.477 e. The van der Waals surface area contributed by atoms with E-state index in [1.54, 1.807) is 0 Å². The second-order valence-electron chi connectivity index (χ2n) is 6.40. The number of nitrogens with one attached hydrogen (secondary N) is 1. The number of carboxylic acid groups (broad SMARTS) is 1. The van der Waals surface area contributed by atoms with Crippen molar-refractivity contribution in [1.82, 2.24) is 15.2 Å². The summed E-state index contributed by atoms with van der Waals surface area (Å²) in [4.78, 5) is 58.7. The predicted octanol–water partition coefficient (Wildman–Crippen LogP) is -0.650. The number of hydrogen-bond acceptors (Lipinski definition) is 12. The number of thioether (sulfide) groups is 1. The fourth-order valence-electron chi connectivity index (χ4n) is 3.13. The second-order valence-corrected chi connectivity index (χ2v) is 8.40. The van der Waals surface area contributed by atoms with Gasteiger partial charge < -0.3 is 30.5 Å². The first-order valence-corrected chi connectivity index (χ1v) is 10.9. The number of carbonyl (C=O) groups excluding carboxylic acids is 3. The van der Waals surface area contributed by atoms with Crippen LogP contribution in [0.25, 0.3) is 0 Å². The number of aromatic nitrogens is 1. The Morgan fingerprint density at radius 2 is 2.12 bits per heavy atom. The Morgan fingerprint density at radius 3 is 2.66 bits per heavy atom. The molecule has 4 N–H and O–H groups in total. The van der Waals surface area contributed by atoms with E-state index in [0.29, 0.717) is 0 Å². The first-order chi connectivity index (χ1) is 15.2. The molecule has 1 saturated heterocycles. The van der Waals surface area contributed by atoms with Gasteiger partial charge in [0.25, 0.3) is 11.8 Å². The molecule has 0 saturated carbocycles. The largest absolute Gasteiger partial charge is 0.477 e. The van der Waals surface area contributed by atoms with Crippen LogP contribution in [0, 0.1) is 0 Å². The highest BCUT2D eigenvalue weighted by atomic mass is 32.2. The van der Waals surface area contributed by atoms with E-state index in [4.69, 9.17) is 20.0 Å². The van der Waals surface area contributed by atoms with Gasteiger partial charge in [0.2, 0.25) is 6.23 Å². The van der Waals surface area contributed by atoms with Crippen LogP contribution >= 0.6 is 23.1 Å². The maximum absolute atomic E-state index is 12.9. The average molecular weight is 486 g/mol. The molecule has 13 nitrogen and oxygen atoms in total. The minimum absolute atomic E-state index is 0.0137. The number of hydrogen-bond donors (Lipinski definition) is 3. The molecule has 3 rings (SSSR count). The van der Waals surface area contributed by atoms with Crippen molar-refractivity contribution in [3.63, 3.8) is 0 Å². The number of fused-ring (bicyclic) bond motifs is 1. The number of ether oxygens (including phenoxy) is 2. The van der Waals surface area contributed by atoms with Crippen LogP contribution in [0.4, 0.5) is 5.13 Å². The normalized spacial score (nSPS) is 21.4. The SMILES string of the molecule is CON=C(C(=O)NC(OC(C)=O)C1=C(C(=O)O)N2C(=O)[C@H](OC)[C@H]2SC1)c1csc(N)n1. The Morgan fingerprint density at radius 1 is 1.41 bits per heavy atom. The second kappa shape index (κ2) is 9.54. The molecule has 1 fully saturated rings. The Balaban J connectivity index is 1.96. The van der Waals surface area contributed by atoms with Gasteiger partial charge in [-0.25, -0.2) is 9.78 Å². The average Bonchev–Trinajstić information content (AvgIpc) is 3.16. The number of nitrogen functional groups attached to an aromatic ring is 1. The maximum Gasteiger partial charge on any atom is 0.352 e. The molecule has 32 heavy (non-hydrogen) atoms. The molecule has 3 atom stereocenters. The molecule has 0 bridgehead atoms. The summed E-state index contributed by atoms with van der Waals surface area (Å²) in [6.45, 7) is 1.10. The van der Waals surface area contributed by atoms with Crippen LogP contribution in [0.1, 0.15) is 12.6 Å². The number of amides is 2. The first kappa shape index (κ1) is 23.5. The van der Waals surface area contributed by atoms with E-state index in [0.717, 1.165) is 23.2 Å². The summed E-state index contributed by atoms with van der Waals surface area (Å²) in [5.74, 6) is -3.57. The van der Waals surface area contributed by atoms with E-state index >= 15 is 0 Å². The van der Waals surface area contributed by atoms with Crippen molar-refractivity contribution in [3.05, 3.63) is 22.3 Å². The van der Waals surface area contributed by atoms with Crippen molar-refractivity contribution in [2.45, 2.75) is 24.6 Å². The van der Waals surface area contributed by atoms with Gasteiger partial charge in [0.1, 0.15) is 23.9 Å². The van der Waals surface area contributed by atoms with Gasteiger partial charge in [-0.05, 0) is 0 Å². The van der Waals surface area contributed by atoms with Crippen molar-refractivity contribution in [1.29, 1.82) is 0 Å².